The maximum Gasteiger partial charge on any atom is 0.377 e. The average Bonchev–Trinajstić information content (AvgIpc) is 2.89. The van der Waals surface area contributed by atoms with E-state index in [1.165, 1.54) is 0 Å². The van der Waals surface area contributed by atoms with Gasteiger partial charge in [0.25, 0.3) is 0 Å². The summed E-state index contributed by atoms with van der Waals surface area (Å²) in [7, 11) is 0. The van der Waals surface area contributed by atoms with Gasteiger partial charge in [-0.1, -0.05) is 0 Å². The third-order valence-electron chi connectivity index (χ3n) is 3.76. The summed E-state index contributed by atoms with van der Waals surface area (Å²) in [6.45, 7) is 0.783. The molecule has 0 amide bonds. The van der Waals surface area contributed by atoms with Crippen LogP contribution in [0.4, 0.5) is 8.78 Å². The van der Waals surface area contributed by atoms with E-state index in [1.54, 1.807) is 0 Å². The zero-order valence-corrected chi connectivity index (χ0v) is 9.60. The van der Waals surface area contributed by atoms with Crippen molar-refractivity contribution < 1.29 is 32.6 Å². The van der Waals surface area contributed by atoms with Gasteiger partial charge >= 0.3 is 17.9 Å². The lowest BCUT2D eigenvalue weighted by molar-refractivity contribution is -0.179. The summed E-state index contributed by atoms with van der Waals surface area (Å²) in [4.78, 5) is 22.6. The number of cyclic esters (lactones) is 1. The molecule has 18 heavy (non-hydrogen) atoms. The summed E-state index contributed by atoms with van der Waals surface area (Å²) >= 11 is 0. The van der Waals surface area contributed by atoms with Gasteiger partial charge < -0.3 is 14.2 Å². The first-order valence-electron chi connectivity index (χ1n) is 5.79. The first-order valence-corrected chi connectivity index (χ1v) is 5.79. The van der Waals surface area contributed by atoms with Crippen LogP contribution in [0.3, 0.4) is 0 Å². The van der Waals surface area contributed by atoms with Gasteiger partial charge in [-0.2, -0.15) is 8.78 Å². The molecule has 3 aliphatic heterocycles. The first kappa shape index (κ1) is 11.8. The molecule has 0 aromatic heterocycles. The predicted octanol–water partition coefficient (Wildman–Crippen LogP) is 0.514. The van der Waals surface area contributed by atoms with Gasteiger partial charge in [-0.05, 0) is 0 Å². The minimum absolute atomic E-state index is 0.0282. The fourth-order valence-electron chi connectivity index (χ4n) is 2.93. The molecule has 0 saturated carbocycles. The molecular weight excluding hydrogens is 250 g/mol. The van der Waals surface area contributed by atoms with Crippen LogP contribution in [0.2, 0.25) is 0 Å². The molecule has 0 radical (unpaired) electrons. The molecule has 100 valence electrons. The van der Waals surface area contributed by atoms with Crippen molar-refractivity contribution in [2.45, 2.75) is 37.6 Å². The number of hydrogen-bond acceptors (Lipinski definition) is 5. The number of fused-ring (bicyclic) bond motifs is 5. The second-order valence-corrected chi connectivity index (χ2v) is 5.03. The molecule has 0 aromatic carbocycles. The molecule has 3 aliphatic rings. The molecule has 5 atom stereocenters. The quantitative estimate of drug-likeness (QED) is 0.679. The van der Waals surface area contributed by atoms with Crippen LogP contribution in [-0.2, 0) is 23.8 Å². The highest BCUT2D eigenvalue weighted by atomic mass is 19.3. The van der Waals surface area contributed by atoms with Crippen molar-refractivity contribution in [2.75, 3.05) is 6.61 Å². The molecule has 3 fully saturated rings. The summed E-state index contributed by atoms with van der Waals surface area (Å²) in [6.07, 6.45) is -1.30. The summed E-state index contributed by atoms with van der Waals surface area (Å²) in [5.41, 5.74) is 0. The third kappa shape index (κ3) is 1.60. The van der Waals surface area contributed by atoms with Crippen LogP contribution in [0.25, 0.3) is 0 Å². The monoisotopic (exact) mass is 262 g/mol. The van der Waals surface area contributed by atoms with E-state index < -0.39 is 36.0 Å². The zero-order chi connectivity index (χ0) is 13.1. The van der Waals surface area contributed by atoms with E-state index >= 15 is 0 Å². The number of rotatable bonds is 2. The molecule has 3 rings (SSSR count). The second-order valence-electron chi connectivity index (χ2n) is 5.03. The molecule has 0 N–H and O–H groups in total. The Morgan fingerprint density at radius 3 is 2.89 bits per heavy atom. The van der Waals surface area contributed by atoms with E-state index in [1.807, 2.05) is 0 Å². The lowest BCUT2D eigenvalue weighted by atomic mass is 9.80. The van der Waals surface area contributed by atoms with Gasteiger partial charge in [0.15, 0.2) is 0 Å². The van der Waals surface area contributed by atoms with Gasteiger partial charge in [-0.3, -0.25) is 4.79 Å². The van der Waals surface area contributed by atoms with Gasteiger partial charge in [0, 0.05) is 19.3 Å². The SMILES string of the molecule is CC(F)(F)C(=O)OC1CC2OC1C1C(=O)OCC21. The standard InChI is InChI=1S/C11H12F2O5/c1-11(12,13)10(15)18-6-2-5-4-3-16-9(14)7(4)8(6)17-5/h4-8H,2-3H2,1H3. The highest BCUT2D eigenvalue weighted by Gasteiger charge is 2.62. The number of hydrogen-bond donors (Lipinski definition) is 0. The zero-order valence-electron chi connectivity index (χ0n) is 9.60. The lowest BCUT2D eigenvalue weighted by Gasteiger charge is -2.25. The highest BCUT2D eigenvalue weighted by Crippen LogP contribution is 2.48. The Balaban J connectivity index is 1.71. The van der Waals surface area contributed by atoms with Gasteiger partial charge in [0.1, 0.15) is 12.2 Å². The molecule has 5 unspecified atom stereocenters. The maximum atomic E-state index is 12.7. The van der Waals surface area contributed by atoms with Crippen molar-refractivity contribution in [3.63, 3.8) is 0 Å². The van der Waals surface area contributed by atoms with Gasteiger partial charge in [-0.15, -0.1) is 0 Å². The maximum absolute atomic E-state index is 12.7. The Morgan fingerprint density at radius 2 is 2.22 bits per heavy atom. The topological polar surface area (TPSA) is 61.8 Å². The Kier molecular flexibility index (Phi) is 2.38. The van der Waals surface area contributed by atoms with Crippen molar-refractivity contribution in [1.29, 1.82) is 0 Å². The van der Waals surface area contributed by atoms with Crippen LogP contribution in [0.1, 0.15) is 13.3 Å². The van der Waals surface area contributed by atoms with E-state index in [0.717, 1.165) is 0 Å². The number of carbonyl (C=O) groups excluding carboxylic acids is 2. The highest BCUT2D eigenvalue weighted by molar-refractivity contribution is 5.78. The van der Waals surface area contributed by atoms with Crippen LogP contribution < -0.4 is 0 Å². The van der Waals surface area contributed by atoms with Crippen molar-refractivity contribution in [2.24, 2.45) is 11.8 Å². The number of halogens is 2. The second kappa shape index (κ2) is 3.63. The molecule has 7 heteroatoms. The van der Waals surface area contributed by atoms with Crippen LogP contribution in [0, 0.1) is 11.8 Å². The Hall–Kier alpha value is -1.24. The Morgan fingerprint density at radius 1 is 1.50 bits per heavy atom. The summed E-state index contributed by atoms with van der Waals surface area (Å²) in [5.74, 6) is -6.01. The summed E-state index contributed by atoms with van der Waals surface area (Å²) < 4.78 is 40.7. The number of carbonyl (C=O) groups is 2. The number of alkyl halides is 2. The van der Waals surface area contributed by atoms with Crippen LogP contribution in [-0.4, -0.2) is 42.8 Å². The van der Waals surface area contributed by atoms with Gasteiger partial charge in [0.05, 0.1) is 18.6 Å². The molecule has 3 saturated heterocycles. The van der Waals surface area contributed by atoms with Crippen molar-refractivity contribution in [3.8, 4) is 0 Å². The summed E-state index contributed by atoms with van der Waals surface area (Å²) in [5, 5.41) is 0. The van der Waals surface area contributed by atoms with E-state index in [2.05, 4.69) is 0 Å². The molecule has 0 aliphatic carbocycles. The average molecular weight is 262 g/mol. The van der Waals surface area contributed by atoms with Crippen LogP contribution in [0.5, 0.6) is 0 Å². The molecule has 3 heterocycles. The molecule has 5 nitrogen and oxygen atoms in total. The van der Waals surface area contributed by atoms with E-state index in [0.29, 0.717) is 20.0 Å². The van der Waals surface area contributed by atoms with Crippen LogP contribution in [0.15, 0.2) is 0 Å². The fourth-order valence-corrected chi connectivity index (χ4v) is 2.93. The normalized spacial score (nSPS) is 41.7. The Bertz CT molecular complexity index is 405. The van der Waals surface area contributed by atoms with E-state index in [-0.39, 0.29) is 12.0 Å². The molecule has 0 aromatic rings. The molecule has 0 spiro atoms. The van der Waals surface area contributed by atoms with Crippen LogP contribution >= 0.6 is 0 Å². The number of esters is 2. The van der Waals surface area contributed by atoms with Gasteiger partial charge in [-0.25, -0.2) is 4.79 Å². The van der Waals surface area contributed by atoms with E-state index in [9.17, 15) is 18.4 Å². The molecular formula is C11H12F2O5. The van der Waals surface area contributed by atoms with Crippen molar-refractivity contribution in [3.05, 3.63) is 0 Å². The third-order valence-corrected chi connectivity index (χ3v) is 3.76. The fraction of sp³-hybridized carbons (Fsp3) is 0.818. The minimum Gasteiger partial charge on any atom is -0.465 e. The number of ether oxygens (including phenoxy) is 3. The predicted molar refractivity (Wildman–Crippen MR) is 51.7 cm³/mol. The van der Waals surface area contributed by atoms with E-state index in [4.69, 9.17) is 14.2 Å². The first-order chi connectivity index (χ1) is 8.38. The van der Waals surface area contributed by atoms with Crippen molar-refractivity contribution in [1.82, 2.24) is 0 Å². The smallest absolute Gasteiger partial charge is 0.377 e. The van der Waals surface area contributed by atoms with Gasteiger partial charge in [0.2, 0.25) is 0 Å². The lowest BCUT2D eigenvalue weighted by Crippen LogP contribution is -2.42. The Labute approximate surface area is 101 Å². The molecule has 2 bridgehead atoms. The van der Waals surface area contributed by atoms with Crippen molar-refractivity contribution >= 4 is 11.9 Å². The minimum atomic E-state index is -3.53. The summed E-state index contributed by atoms with van der Waals surface area (Å²) in [6, 6.07) is 0. The largest absolute Gasteiger partial charge is 0.465 e.